The van der Waals surface area contributed by atoms with Gasteiger partial charge in [0.15, 0.2) is 0 Å². The van der Waals surface area contributed by atoms with E-state index in [1.165, 1.54) is 35.3 Å². The standard InChI is InChI=1S/C6H9N3O3S/c1-12-7-4-13-9-3-2-5(10)8-6(9)11/h2-3,7H,4H2,1H3,(H,8,10,11). The highest BCUT2D eigenvalue weighted by molar-refractivity contribution is 7.97. The molecule has 0 saturated carbocycles. The summed E-state index contributed by atoms with van der Waals surface area (Å²) in [5, 5.41) is 0. The Hall–Kier alpha value is -1.05. The molecule has 0 unspecified atom stereocenters. The average molecular weight is 203 g/mol. The zero-order chi connectivity index (χ0) is 9.68. The molecule has 0 spiro atoms. The second-order valence-electron chi connectivity index (χ2n) is 2.06. The highest BCUT2D eigenvalue weighted by Crippen LogP contribution is 1.95. The average Bonchev–Trinajstić information content (AvgIpc) is 2.09. The smallest absolute Gasteiger partial charge is 0.304 e. The third-order valence-corrected chi connectivity index (χ3v) is 2.01. The highest BCUT2D eigenvalue weighted by Gasteiger charge is 1.95. The normalized spacial score (nSPS) is 10.2. The Morgan fingerprint density at radius 2 is 2.46 bits per heavy atom. The Bertz CT molecular complexity index is 372. The van der Waals surface area contributed by atoms with Crippen molar-refractivity contribution in [1.82, 2.24) is 14.4 Å². The zero-order valence-corrected chi connectivity index (χ0v) is 7.76. The lowest BCUT2D eigenvalue weighted by Gasteiger charge is -2.02. The van der Waals surface area contributed by atoms with Crippen LogP contribution >= 0.6 is 11.9 Å². The van der Waals surface area contributed by atoms with Gasteiger partial charge in [-0.3, -0.25) is 9.78 Å². The molecule has 0 fully saturated rings. The number of rotatable bonds is 4. The molecule has 0 bridgehead atoms. The van der Waals surface area contributed by atoms with Crippen LogP contribution in [0.4, 0.5) is 0 Å². The minimum atomic E-state index is -0.449. The summed E-state index contributed by atoms with van der Waals surface area (Å²) in [6, 6.07) is 1.28. The van der Waals surface area contributed by atoms with Crippen LogP contribution in [0.25, 0.3) is 0 Å². The first-order valence-electron chi connectivity index (χ1n) is 3.45. The molecule has 0 aliphatic carbocycles. The van der Waals surface area contributed by atoms with Gasteiger partial charge in [0.2, 0.25) is 0 Å². The molecule has 0 atom stereocenters. The van der Waals surface area contributed by atoms with Gasteiger partial charge in [-0.15, -0.1) is 0 Å². The monoisotopic (exact) mass is 203 g/mol. The lowest BCUT2D eigenvalue weighted by molar-refractivity contribution is 0.107. The largest absolute Gasteiger partial charge is 0.338 e. The Labute approximate surface area is 78.0 Å². The maximum Gasteiger partial charge on any atom is 0.338 e. The molecule has 0 aromatic carbocycles. The van der Waals surface area contributed by atoms with Gasteiger partial charge in [-0.2, -0.15) is 5.48 Å². The molecule has 7 heteroatoms. The molecule has 2 N–H and O–H groups in total. The predicted molar refractivity (Wildman–Crippen MR) is 49.3 cm³/mol. The van der Waals surface area contributed by atoms with Gasteiger partial charge in [0, 0.05) is 12.3 Å². The van der Waals surface area contributed by atoms with Gasteiger partial charge in [-0.25, -0.2) is 8.77 Å². The Morgan fingerprint density at radius 1 is 1.69 bits per heavy atom. The molecule has 1 heterocycles. The molecule has 0 aliphatic heterocycles. The Morgan fingerprint density at radius 3 is 3.08 bits per heavy atom. The van der Waals surface area contributed by atoms with Crippen LogP contribution in [-0.2, 0) is 4.84 Å². The van der Waals surface area contributed by atoms with Crippen LogP contribution in [0, 0.1) is 0 Å². The van der Waals surface area contributed by atoms with E-state index in [0.717, 1.165) is 0 Å². The Kier molecular flexibility index (Phi) is 3.74. The molecular formula is C6H9N3O3S. The van der Waals surface area contributed by atoms with Crippen molar-refractivity contribution in [3.05, 3.63) is 33.1 Å². The van der Waals surface area contributed by atoms with Crippen molar-refractivity contribution in [3.8, 4) is 0 Å². The summed E-state index contributed by atoms with van der Waals surface area (Å²) in [5.41, 5.74) is 1.70. The molecule has 1 aromatic rings. The second kappa shape index (κ2) is 4.85. The van der Waals surface area contributed by atoms with Crippen molar-refractivity contribution in [2.24, 2.45) is 0 Å². The lowest BCUT2D eigenvalue weighted by atomic mass is 10.7. The minimum absolute atomic E-state index is 0.401. The van der Waals surface area contributed by atoms with Crippen LogP contribution in [0.2, 0.25) is 0 Å². The molecule has 0 amide bonds. The van der Waals surface area contributed by atoms with Gasteiger partial charge in [-0.05, 0) is 11.9 Å². The second-order valence-corrected chi connectivity index (χ2v) is 3.00. The number of hydrogen-bond donors (Lipinski definition) is 2. The summed E-state index contributed by atoms with van der Waals surface area (Å²) in [6.07, 6.45) is 1.41. The number of aromatic nitrogens is 2. The number of nitrogens with zero attached hydrogens (tertiary/aromatic N) is 1. The van der Waals surface area contributed by atoms with Gasteiger partial charge in [-0.1, -0.05) is 0 Å². The van der Waals surface area contributed by atoms with Gasteiger partial charge in [0.25, 0.3) is 5.56 Å². The third-order valence-electron chi connectivity index (χ3n) is 1.20. The maximum absolute atomic E-state index is 11.1. The van der Waals surface area contributed by atoms with E-state index in [2.05, 4.69) is 15.3 Å². The van der Waals surface area contributed by atoms with E-state index in [-0.39, 0.29) is 0 Å². The maximum atomic E-state index is 11.1. The minimum Gasteiger partial charge on any atom is -0.304 e. The summed E-state index contributed by atoms with van der Waals surface area (Å²) in [5.74, 6) is 0.419. The summed E-state index contributed by atoms with van der Waals surface area (Å²) >= 11 is 1.18. The summed E-state index contributed by atoms with van der Waals surface area (Å²) in [6.45, 7) is 0. The SMILES string of the molecule is CONCSn1ccc(=O)[nH]c1=O. The van der Waals surface area contributed by atoms with Gasteiger partial charge in [0.1, 0.15) is 0 Å². The topological polar surface area (TPSA) is 76.1 Å². The van der Waals surface area contributed by atoms with Crippen LogP contribution in [0.3, 0.4) is 0 Å². The van der Waals surface area contributed by atoms with Crippen molar-refractivity contribution in [2.45, 2.75) is 0 Å². The fraction of sp³-hybridized carbons (Fsp3) is 0.333. The predicted octanol–water partition coefficient (Wildman–Crippen LogP) is -0.859. The Balaban J connectivity index is 2.67. The van der Waals surface area contributed by atoms with Gasteiger partial charge >= 0.3 is 5.69 Å². The van der Waals surface area contributed by atoms with Crippen molar-refractivity contribution < 1.29 is 4.84 Å². The van der Waals surface area contributed by atoms with Crippen molar-refractivity contribution in [1.29, 1.82) is 0 Å². The molecular weight excluding hydrogens is 194 g/mol. The first-order chi connectivity index (χ1) is 6.24. The number of H-pyrrole nitrogens is 1. The number of hydrogen-bond acceptors (Lipinski definition) is 5. The molecule has 0 saturated heterocycles. The molecule has 0 aliphatic rings. The summed E-state index contributed by atoms with van der Waals surface area (Å²) in [7, 11) is 1.48. The van der Waals surface area contributed by atoms with E-state index in [0.29, 0.717) is 5.88 Å². The fourth-order valence-electron chi connectivity index (χ4n) is 0.662. The van der Waals surface area contributed by atoms with Gasteiger partial charge in [0.05, 0.1) is 13.0 Å². The lowest BCUT2D eigenvalue weighted by Crippen LogP contribution is -2.26. The van der Waals surface area contributed by atoms with E-state index >= 15 is 0 Å². The molecule has 1 rings (SSSR count). The highest BCUT2D eigenvalue weighted by atomic mass is 32.2. The molecule has 1 aromatic heterocycles. The van der Waals surface area contributed by atoms with E-state index in [4.69, 9.17) is 0 Å². The van der Waals surface area contributed by atoms with Crippen LogP contribution in [0.15, 0.2) is 21.9 Å². The summed E-state index contributed by atoms with van der Waals surface area (Å²) < 4.78 is 1.30. The zero-order valence-electron chi connectivity index (χ0n) is 6.94. The molecule has 6 nitrogen and oxygen atoms in total. The van der Waals surface area contributed by atoms with E-state index in [9.17, 15) is 9.59 Å². The number of hydroxylamine groups is 1. The van der Waals surface area contributed by atoms with Crippen molar-refractivity contribution in [3.63, 3.8) is 0 Å². The van der Waals surface area contributed by atoms with Crippen LogP contribution < -0.4 is 16.7 Å². The number of nitrogens with one attached hydrogen (secondary N) is 2. The number of aromatic amines is 1. The van der Waals surface area contributed by atoms with Crippen molar-refractivity contribution in [2.75, 3.05) is 13.0 Å². The van der Waals surface area contributed by atoms with Crippen LogP contribution in [0.5, 0.6) is 0 Å². The van der Waals surface area contributed by atoms with Gasteiger partial charge < -0.3 is 4.84 Å². The van der Waals surface area contributed by atoms with Crippen LogP contribution in [0.1, 0.15) is 0 Å². The van der Waals surface area contributed by atoms with E-state index in [1.54, 1.807) is 0 Å². The first-order valence-corrected chi connectivity index (χ1v) is 4.39. The molecule has 72 valence electrons. The van der Waals surface area contributed by atoms with Crippen molar-refractivity contribution >= 4 is 11.9 Å². The first kappa shape index (κ1) is 10.0. The molecule has 0 radical (unpaired) electrons. The van der Waals surface area contributed by atoms with E-state index in [1.807, 2.05) is 0 Å². The fourth-order valence-corrected chi connectivity index (χ4v) is 1.28. The quantitative estimate of drug-likeness (QED) is 0.378. The van der Waals surface area contributed by atoms with Crippen LogP contribution in [-0.4, -0.2) is 21.9 Å². The van der Waals surface area contributed by atoms with E-state index < -0.39 is 11.2 Å². The third kappa shape index (κ3) is 3.05. The molecule has 13 heavy (non-hydrogen) atoms. The summed E-state index contributed by atoms with van der Waals surface area (Å²) in [4.78, 5) is 28.4.